The summed E-state index contributed by atoms with van der Waals surface area (Å²) in [6.07, 6.45) is 0.459. The molecular weight excluding hydrogens is 318 g/mol. The predicted molar refractivity (Wildman–Crippen MR) is 95.1 cm³/mol. The number of piperidine rings is 1. The number of hydrogen-bond acceptors (Lipinski definition) is 3. The quantitative estimate of drug-likeness (QED) is 0.820. The molecule has 136 valence electrons. The molecule has 2 fully saturated rings. The highest BCUT2D eigenvalue weighted by molar-refractivity contribution is 5.81. The second kappa shape index (κ2) is 7.44. The summed E-state index contributed by atoms with van der Waals surface area (Å²) in [6, 6.07) is 8.24. The van der Waals surface area contributed by atoms with Crippen LogP contribution in [-0.2, 0) is 16.1 Å². The smallest absolute Gasteiger partial charge is 0.319 e. The van der Waals surface area contributed by atoms with Crippen LogP contribution in [0.2, 0.25) is 0 Å². The van der Waals surface area contributed by atoms with Crippen LogP contribution in [0.5, 0.6) is 0 Å². The molecule has 0 spiro atoms. The Labute approximate surface area is 149 Å². The van der Waals surface area contributed by atoms with Crippen molar-refractivity contribution in [3.63, 3.8) is 0 Å². The fraction of sp³-hybridized carbons (Fsp3) is 0.579. The summed E-state index contributed by atoms with van der Waals surface area (Å²) in [6.45, 7) is 4.89. The molecule has 2 saturated heterocycles. The first kappa shape index (κ1) is 17.7. The molecule has 6 nitrogen and oxygen atoms in total. The molecule has 0 saturated carbocycles. The SMILES string of the molecule is Cc1cccc(CN2CCO[C@H]3CN(C(=O)N(C)C)CC[C@@H]3C2=O)c1. The summed E-state index contributed by atoms with van der Waals surface area (Å²) in [5.41, 5.74) is 2.34. The lowest BCUT2D eigenvalue weighted by atomic mass is 9.92. The van der Waals surface area contributed by atoms with Crippen molar-refractivity contribution in [1.82, 2.24) is 14.7 Å². The van der Waals surface area contributed by atoms with Gasteiger partial charge in [-0.05, 0) is 18.9 Å². The Bertz CT molecular complexity index is 647. The van der Waals surface area contributed by atoms with Gasteiger partial charge >= 0.3 is 6.03 Å². The highest BCUT2D eigenvalue weighted by Gasteiger charge is 2.40. The number of aryl methyl sites for hydroxylation is 1. The molecule has 2 atom stereocenters. The van der Waals surface area contributed by atoms with E-state index in [-0.39, 0.29) is 24.0 Å². The van der Waals surface area contributed by atoms with Crippen molar-refractivity contribution >= 4 is 11.9 Å². The van der Waals surface area contributed by atoms with E-state index < -0.39 is 0 Å². The minimum absolute atomic E-state index is 0.0182. The topological polar surface area (TPSA) is 53.1 Å². The lowest BCUT2D eigenvalue weighted by molar-refractivity contribution is -0.139. The van der Waals surface area contributed by atoms with Gasteiger partial charge in [0.1, 0.15) is 0 Å². The summed E-state index contributed by atoms with van der Waals surface area (Å²) < 4.78 is 5.95. The van der Waals surface area contributed by atoms with Gasteiger partial charge in [-0.25, -0.2) is 4.79 Å². The van der Waals surface area contributed by atoms with Gasteiger partial charge in [0.15, 0.2) is 0 Å². The number of likely N-dealkylation sites (tertiary alicyclic amines) is 1. The number of carbonyl (C=O) groups excluding carboxylic acids is 2. The first-order valence-corrected chi connectivity index (χ1v) is 8.88. The maximum absolute atomic E-state index is 13.0. The number of benzene rings is 1. The van der Waals surface area contributed by atoms with Gasteiger partial charge in [0.25, 0.3) is 0 Å². The summed E-state index contributed by atoms with van der Waals surface area (Å²) in [5, 5.41) is 0. The van der Waals surface area contributed by atoms with Gasteiger partial charge in [-0.15, -0.1) is 0 Å². The van der Waals surface area contributed by atoms with Crippen LogP contribution in [0.1, 0.15) is 17.5 Å². The van der Waals surface area contributed by atoms with Crippen LogP contribution < -0.4 is 0 Å². The molecule has 3 amide bonds. The minimum Gasteiger partial charge on any atom is -0.374 e. The van der Waals surface area contributed by atoms with Gasteiger partial charge < -0.3 is 19.4 Å². The fourth-order valence-electron chi connectivity index (χ4n) is 3.67. The number of ether oxygens (including phenoxy) is 1. The molecule has 2 aliphatic heterocycles. The number of amides is 3. The van der Waals surface area contributed by atoms with Crippen LogP contribution in [0.4, 0.5) is 4.79 Å². The van der Waals surface area contributed by atoms with Crippen molar-refractivity contribution in [3.05, 3.63) is 35.4 Å². The zero-order valence-corrected chi connectivity index (χ0v) is 15.3. The van der Waals surface area contributed by atoms with Crippen LogP contribution in [0.25, 0.3) is 0 Å². The third-order valence-electron chi connectivity index (χ3n) is 4.99. The average molecular weight is 345 g/mol. The summed E-state index contributed by atoms with van der Waals surface area (Å²) in [4.78, 5) is 30.5. The van der Waals surface area contributed by atoms with E-state index in [9.17, 15) is 9.59 Å². The number of fused-ring (bicyclic) bond motifs is 1. The molecule has 3 rings (SSSR count). The van der Waals surface area contributed by atoms with Gasteiger partial charge in [0.2, 0.25) is 5.91 Å². The Balaban J connectivity index is 1.68. The Hall–Kier alpha value is -2.08. The Morgan fingerprint density at radius 3 is 2.84 bits per heavy atom. The van der Waals surface area contributed by atoms with E-state index in [1.54, 1.807) is 23.9 Å². The fourth-order valence-corrected chi connectivity index (χ4v) is 3.67. The standard InChI is InChI=1S/C19H27N3O3/c1-14-5-4-6-15(11-14)12-21-9-10-25-17-13-22(19(24)20(2)3)8-7-16(17)18(21)23/h4-6,11,16-17H,7-10,12-13H2,1-3H3/t16-,17-/m0/s1. The van der Waals surface area contributed by atoms with E-state index in [4.69, 9.17) is 4.74 Å². The molecule has 0 bridgehead atoms. The highest BCUT2D eigenvalue weighted by Crippen LogP contribution is 2.26. The largest absolute Gasteiger partial charge is 0.374 e. The molecule has 25 heavy (non-hydrogen) atoms. The average Bonchev–Trinajstić information content (AvgIpc) is 2.73. The van der Waals surface area contributed by atoms with E-state index in [2.05, 4.69) is 25.1 Å². The Morgan fingerprint density at radius 1 is 1.32 bits per heavy atom. The number of urea groups is 1. The van der Waals surface area contributed by atoms with Crippen LogP contribution in [-0.4, -0.2) is 73.1 Å². The molecule has 0 unspecified atom stereocenters. The van der Waals surface area contributed by atoms with Crippen LogP contribution in [0, 0.1) is 12.8 Å². The molecule has 0 aromatic heterocycles. The Morgan fingerprint density at radius 2 is 2.12 bits per heavy atom. The minimum atomic E-state index is -0.201. The molecular formula is C19H27N3O3. The predicted octanol–water partition coefficient (Wildman–Crippen LogP) is 1.73. The monoisotopic (exact) mass is 345 g/mol. The van der Waals surface area contributed by atoms with E-state index in [1.165, 1.54) is 5.56 Å². The van der Waals surface area contributed by atoms with Crippen molar-refractivity contribution < 1.29 is 14.3 Å². The second-order valence-corrected chi connectivity index (χ2v) is 7.18. The van der Waals surface area contributed by atoms with Crippen molar-refractivity contribution in [3.8, 4) is 0 Å². The van der Waals surface area contributed by atoms with Gasteiger partial charge in [0.05, 0.1) is 18.6 Å². The van der Waals surface area contributed by atoms with Crippen molar-refractivity contribution in [2.75, 3.05) is 40.3 Å². The van der Waals surface area contributed by atoms with E-state index in [1.807, 2.05) is 11.0 Å². The van der Waals surface area contributed by atoms with Crippen molar-refractivity contribution in [2.45, 2.75) is 26.0 Å². The zero-order chi connectivity index (χ0) is 18.0. The van der Waals surface area contributed by atoms with Crippen LogP contribution >= 0.6 is 0 Å². The maximum Gasteiger partial charge on any atom is 0.319 e. The number of carbonyl (C=O) groups is 2. The third kappa shape index (κ3) is 3.95. The molecule has 2 heterocycles. The lowest BCUT2D eigenvalue weighted by Gasteiger charge is -2.38. The first-order chi connectivity index (χ1) is 12.0. The number of rotatable bonds is 2. The molecule has 2 aliphatic rings. The summed E-state index contributed by atoms with van der Waals surface area (Å²) in [5.74, 6) is -0.000482. The lowest BCUT2D eigenvalue weighted by Crippen LogP contribution is -2.53. The van der Waals surface area contributed by atoms with Crippen molar-refractivity contribution in [1.29, 1.82) is 0 Å². The van der Waals surface area contributed by atoms with Gasteiger partial charge in [-0.1, -0.05) is 29.8 Å². The normalized spacial score (nSPS) is 23.9. The van der Waals surface area contributed by atoms with E-state index in [0.717, 1.165) is 5.56 Å². The van der Waals surface area contributed by atoms with Gasteiger partial charge in [-0.3, -0.25) is 4.79 Å². The molecule has 0 N–H and O–H groups in total. The summed E-state index contributed by atoms with van der Waals surface area (Å²) in [7, 11) is 3.49. The Kier molecular flexibility index (Phi) is 5.27. The van der Waals surface area contributed by atoms with Gasteiger partial charge in [0, 0.05) is 40.3 Å². The number of nitrogens with zero attached hydrogens (tertiary/aromatic N) is 3. The van der Waals surface area contributed by atoms with Crippen LogP contribution in [0.3, 0.4) is 0 Å². The van der Waals surface area contributed by atoms with Crippen molar-refractivity contribution in [2.24, 2.45) is 5.92 Å². The molecule has 0 aliphatic carbocycles. The second-order valence-electron chi connectivity index (χ2n) is 7.18. The molecule has 0 radical (unpaired) electrons. The molecule has 1 aromatic carbocycles. The number of hydrogen-bond donors (Lipinski definition) is 0. The van der Waals surface area contributed by atoms with Crippen LogP contribution in [0.15, 0.2) is 24.3 Å². The molecule has 6 heteroatoms. The highest BCUT2D eigenvalue weighted by atomic mass is 16.5. The van der Waals surface area contributed by atoms with E-state index >= 15 is 0 Å². The zero-order valence-electron chi connectivity index (χ0n) is 15.3. The van der Waals surface area contributed by atoms with Gasteiger partial charge in [-0.2, -0.15) is 0 Å². The molecule has 1 aromatic rings. The summed E-state index contributed by atoms with van der Waals surface area (Å²) >= 11 is 0. The first-order valence-electron chi connectivity index (χ1n) is 8.88. The third-order valence-corrected chi connectivity index (χ3v) is 4.99. The maximum atomic E-state index is 13.0. The van der Waals surface area contributed by atoms with E-state index in [0.29, 0.717) is 39.2 Å².